The normalized spacial score (nSPS) is 9.47. The van der Waals surface area contributed by atoms with Crippen molar-refractivity contribution in [1.29, 1.82) is 0 Å². The van der Waals surface area contributed by atoms with Crippen LogP contribution in [0.25, 0.3) is 0 Å². The molecule has 82 valence electrons. The van der Waals surface area contributed by atoms with Gasteiger partial charge in [0.05, 0.1) is 6.54 Å². The summed E-state index contributed by atoms with van der Waals surface area (Å²) < 4.78 is 5.54. The number of hydrogen-bond acceptors (Lipinski definition) is 2. The quantitative estimate of drug-likeness (QED) is 0.783. The molecule has 0 spiro atoms. The molecule has 15 heavy (non-hydrogen) atoms. The number of ether oxygens (including phenoxy) is 1. The minimum atomic E-state index is 0.627. The molecule has 0 bridgehead atoms. The number of nitrogens with zero attached hydrogens (tertiary/aromatic N) is 1. The summed E-state index contributed by atoms with van der Waals surface area (Å²) in [5.41, 5.74) is 0. The molecule has 3 nitrogen and oxygen atoms in total. The maximum atomic E-state index is 5.54. The Morgan fingerprint density at radius 3 is 2.67 bits per heavy atom. The number of nitrogens with one attached hydrogen (secondary N) is 1. The largest absolute Gasteiger partial charge is 0.492 e. The first-order valence-electron chi connectivity index (χ1n) is 4.84. The van der Waals surface area contributed by atoms with Gasteiger partial charge in [-0.1, -0.05) is 18.2 Å². The summed E-state index contributed by atoms with van der Waals surface area (Å²) in [5.74, 6) is 0.890. The topological polar surface area (TPSA) is 24.5 Å². The maximum absolute atomic E-state index is 5.54. The zero-order valence-corrected chi connectivity index (χ0v) is 9.88. The standard InChI is InChI=1S/C11H16N2OS/c1-12-11(15)13(2)8-9-14-10-6-4-3-5-7-10/h3-7H,8-9H2,1-2H3,(H,12,15). The highest BCUT2D eigenvalue weighted by Gasteiger charge is 2.00. The highest BCUT2D eigenvalue weighted by atomic mass is 32.1. The van der Waals surface area contributed by atoms with Gasteiger partial charge < -0.3 is 15.0 Å². The van der Waals surface area contributed by atoms with Crippen molar-refractivity contribution in [2.45, 2.75) is 0 Å². The summed E-state index contributed by atoms with van der Waals surface area (Å²) >= 11 is 5.07. The SMILES string of the molecule is CNC(=S)N(C)CCOc1ccccc1. The van der Waals surface area contributed by atoms with Crippen molar-refractivity contribution in [3.05, 3.63) is 30.3 Å². The van der Waals surface area contributed by atoms with E-state index in [1.807, 2.05) is 49.3 Å². The minimum Gasteiger partial charge on any atom is -0.492 e. The molecule has 0 atom stereocenters. The Balaban J connectivity index is 2.25. The van der Waals surface area contributed by atoms with Crippen molar-refractivity contribution in [3.63, 3.8) is 0 Å². The second-order valence-electron chi connectivity index (χ2n) is 3.14. The van der Waals surface area contributed by atoms with Crippen molar-refractivity contribution in [1.82, 2.24) is 10.2 Å². The van der Waals surface area contributed by atoms with E-state index in [0.29, 0.717) is 6.61 Å². The van der Waals surface area contributed by atoms with Gasteiger partial charge in [-0.25, -0.2) is 0 Å². The Hall–Kier alpha value is -1.29. The van der Waals surface area contributed by atoms with Crippen LogP contribution in [0.1, 0.15) is 0 Å². The number of hydrogen-bond donors (Lipinski definition) is 1. The predicted octanol–water partition coefficient (Wildman–Crippen LogP) is 1.50. The molecule has 0 unspecified atom stereocenters. The van der Waals surface area contributed by atoms with Gasteiger partial charge in [-0.3, -0.25) is 0 Å². The molecule has 0 aliphatic heterocycles. The molecular weight excluding hydrogens is 208 g/mol. The Labute approximate surface area is 96.0 Å². The zero-order valence-electron chi connectivity index (χ0n) is 9.06. The number of benzene rings is 1. The Morgan fingerprint density at radius 2 is 2.07 bits per heavy atom. The lowest BCUT2D eigenvalue weighted by Crippen LogP contribution is -2.37. The van der Waals surface area contributed by atoms with E-state index in [1.165, 1.54) is 0 Å². The third-order valence-corrected chi connectivity index (χ3v) is 2.51. The van der Waals surface area contributed by atoms with Crippen LogP contribution in [-0.4, -0.2) is 37.3 Å². The van der Waals surface area contributed by atoms with E-state index in [2.05, 4.69) is 5.32 Å². The first kappa shape index (κ1) is 11.8. The van der Waals surface area contributed by atoms with Gasteiger partial charge in [0, 0.05) is 14.1 Å². The molecule has 0 saturated heterocycles. The lowest BCUT2D eigenvalue weighted by Gasteiger charge is -2.19. The van der Waals surface area contributed by atoms with Crippen LogP contribution in [-0.2, 0) is 0 Å². The number of likely N-dealkylation sites (N-methyl/N-ethyl adjacent to an activating group) is 1. The molecule has 0 aromatic heterocycles. The van der Waals surface area contributed by atoms with Crippen molar-refractivity contribution in [3.8, 4) is 5.75 Å². The van der Waals surface area contributed by atoms with Gasteiger partial charge in [-0.15, -0.1) is 0 Å². The van der Waals surface area contributed by atoms with Crippen LogP contribution >= 0.6 is 12.2 Å². The fourth-order valence-corrected chi connectivity index (χ4v) is 1.20. The molecule has 1 aromatic rings. The monoisotopic (exact) mass is 224 g/mol. The van der Waals surface area contributed by atoms with Crippen molar-refractivity contribution in [2.75, 3.05) is 27.2 Å². The third-order valence-electron chi connectivity index (χ3n) is 2.00. The molecule has 1 aromatic carbocycles. The Morgan fingerprint density at radius 1 is 1.40 bits per heavy atom. The van der Waals surface area contributed by atoms with E-state index in [0.717, 1.165) is 17.4 Å². The van der Waals surface area contributed by atoms with Gasteiger partial charge in [0.25, 0.3) is 0 Å². The van der Waals surface area contributed by atoms with Gasteiger partial charge in [0.15, 0.2) is 5.11 Å². The Bertz CT molecular complexity index is 303. The lowest BCUT2D eigenvalue weighted by molar-refractivity contribution is 0.283. The molecular formula is C11H16N2OS. The van der Waals surface area contributed by atoms with Crippen LogP contribution in [0.2, 0.25) is 0 Å². The Kier molecular flexibility index (Phi) is 4.90. The molecule has 0 radical (unpaired) electrons. The van der Waals surface area contributed by atoms with E-state index in [9.17, 15) is 0 Å². The van der Waals surface area contributed by atoms with Crippen LogP contribution < -0.4 is 10.1 Å². The van der Waals surface area contributed by atoms with Gasteiger partial charge in [-0.2, -0.15) is 0 Å². The molecule has 0 saturated carbocycles. The highest BCUT2D eigenvalue weighted by Crippen LogP contribution is 2.07. The zero-order chi connectivity index (χ0) is 11.1. The summed E-state index contributed by atoms with van der Waals surface area (Å²) in [5, 5.41) is 3.64. The molecule has 1 N–H and O–H groups in total. The average Bonchev–Trinajstić information content (AvgIpc) is 2.29. The van der Waals surface area contributed by atoms with E-state index < -0.39 is 0 Å². The third kappa shape index (κ3) is 4.16. The smallest absolute Gasteiger partial charge is 0.168 e. The molecule has 4 heteroatoms. The molecule has 0 fully saturated rings. The summed E-state index contributed by atoms with van der Waals surface area (Å²) in [6.07, 6.45) is 0. The van der Waals surface area contributed by atoms with Gasteiger partial charge in [0.1, 0.15) is 12.4 Å². The van der Waals surface area contributed by atoms with Gasteiger partial charge in [-0.05, 0) is 24.4 Å². The second kappa shape index (κ2) is 6.24. The first-order chi connectivity index (χ1) is 7.24. The van der Waals surface area contributed by atoms with Crippen LogP contribution in [0, 0.1) is 0 Å². The van der Waals surface area contributed by atoms with Gasteiger partial charge >= 0.3 is 0 Å². The molecule has 0 aliphatic carbocycles. The highest BCUT2D eigenvalue weighted by molar-refractivity contribution is 7.80. The predicted molar refractivity (Wildman–Crippen MR) is 66.2 cm³/mol. The van der Waals surface area contributed by atoms with Crippen LogP contribution in [0.3, 0.4) is 0 Å². The fourth-order valence-electron chi connectivity index (χ4n) is 1.11. The number of thiocarbonyl (C=S) groups is 1. The molecule has 0 amide bonds. The van der Waals surface area contributed by atoms with Crippen molar-refractivity contribution >= 4 is 17.3 Å². The van der Waals surface area contributed by atoms with Crippen molar-refractivity contribution < 1.29 is 4.74 Å². The van der Waals surface area contributed by atoms with Crippen LogP contribution in [0.5, 0.6) is 5.75 Å². The summed E-state index contributed by atoms with van der Waals surface area (Å²) in [6, 6.07) is 9.76. The molecule has 0 aliphatic rings. The van der Waals surface area contributed by atoms with Crippen LogP contribution in [0.4, 0.5) is 0 Å². The number of rotatable bonds is 4. The molecule has 0 heterocycles. The second-order valence-corrected chi connectivity index (χ2v) is 3.52. The summed E-state index contributed by atoms with van der Waals surface area (Å²) in [6.45, 7) is 1.40. The van der Waals surface area contributed by atoms with E-state index in [1.54, 1.807) is 0 Å². The van der Waals surface area contributed by atoms with E-state index in [4.69, 9.17) is 17.0 Å². The van der Waals surface area contributed by atoms with Gasteiger partial charge in [0.2, 0.25) is 0 Å². The van der Waals surface area contributed by atoms with E-state index in [-0.39, 0.29) is 0 Å². The lowest BCUT2D eigenvalue weighted by atomic mass is 10.3. The number of para-hydroxylation sites is 1. The summed E-state index contributed by atoms with van der Waals surface area (Å²) in [7, 11) is 3.75. The fraction of sp³-hybridized carbons (Fsp3) is 0.364. The minimum absolute atomic E-state index is 0.627. The summed E-state index contributed by atoms with van der Waals surface area (Å²) in [4.78, 5) is 1.94. The van der Waals surface area contributed by atoms with Crippen LogP contribution in [0.15, 0.2) is 30.3 Å². The molecule has 1 rings (SSSR count). The average molecular weight is 224 g/mol. The van der Waals surface area contributed by atoms with Crippen molar-refractivity contribution in [2.24, 2.45) is 0 Å². The first-order valence-corrected chi connectivity index (χ1v) is 5.25. The van der Waals surface area contributed by atoms with E-state index >= 15 is 0 Å². The maximum Gasteiger partial charge on any atom is 0.168 e.